The number of likely N-dealkylation sites (tertiary alicyclic amines) is 1. The van der Waals surface area contributed by atoms with E-state index in [1.165, 1.54) is 16.8 Å². The Hall–Kier alpha value is -4.41. The number of rotatable bonds is 13. The van der Waals surface area contributed by atoms with E-state index in [1.54, 1.807) is 35.5 Å². The van der Waals surface area contributed by atoms with Crippen molar-refractivity contribution in [1.29, 1.82) is 0 Å². The van der Waals surface area contributed by atoms with E-state index in [9.17, 15) is 0 Å². The molecular weight excluding hydrogens is 723 g/mol. The van der Waals surface area contributed by atoms with Crippen LogP contribution in [0.25, 0.3) is 22.5 Å². The summed E-state index contributed by atoms with van der Waals surface area (Å²) in [4.78, 5) is 14.4. The minimum absolute atomic E-state index is 0. The van der Waals surface area contributed by atoms with E-state index in [1.807, 2.05) is 54.9 Å². The lowest BCUT2D eigenvalue weighted by Gasteiger charge is -2.40. The van der Waals surface area contributed by atoms with E-state index in [0.29, 0.717) is 23.3 Å². The molecule has 0 bridgehead atoms. The summed E-state index contributed by atoms with van der Waals surface area (Å²) >= 11 is 0. The minimum atomic E-state index is 0. The van der Waals surface area contributed by atoms with Crippen LogP contribution in [0.1, 0.15) is 24.0 Å². The van der Waals surface area contributed by atoms with Gasteiger partial charge < -0.3 is 28.6 Å². The van der Waals surface area contributed by atoms with Crippen molar-refractivity contribution in [3.8, 4) is 51.3 Å². The smallest absolute Gasteiger partial charge is 0.203 e. The minimum Gasteiger partial charge on any atom is -0.497 e. The highest BCUT2D eigenvalue weighted by molar-refractivity contribution is 5.86. The highest BCUT2D eigenvalue weighted by Crippen LogP contribution is 2.41. The van der Waals surface area contributed by atoms with Crippen LogP contribution < -0.4 is 28.6 Å². The summed E-state index contributed by atoms with van der Waals surface area (Å²) in [6.07, 6.45) is 5.87. The number of piperidine rings is 1. The molecule has 9 nitrogen and oxygen atoms in total. The summed E-state index contributed by atoms with van der Waals surface area (Å²) < 4.78 is 27.7. The van der Waals surface area contributed by atoms with Crippen molar-refractivity contribution in [3.63, 3.8) is 0 Å². The number of aromatic nitrogens is 2. The monoisotopic (exact) mass is 768 g/mol. The molecule has 5 aromatic rings. The van der Waals surface area contributed by atoms with Gasteiger partial charge in [-0.1, -0.05) is 12.1 Å². The Labute approximate surface area is 325 Å². The highest BCUT2D eigenvalue weighted by Gasteiger charge is 2.26. The Morgan fingerprint density at radius 2 is 1.21 bits per heavy atom. The van der Waals surface area contributed by atoms with Gasteiger partial charge in [-0.3, -0.25) is 14.9 Å². The van der Waals surface area contributed by atoms with Gasteiger partial charge in [0.05, 0.1) is 46.9 Å². The molecular formula is C40H47Cl3N4O5. The predicted molar refractivity (Wildman–Crippen MR) is 215 cm³/mol. The van der Waals surface area contributed by atoms with Crippen molar-refractivity contribution >= 4 is 42.9 Å². The molecule has 3 aromatic carbocycles. The quantitative estimate of drug-likeness (QED) is 0.117. The third-order valence-corrected chi connectivity index (χ3v) is 9.14. The van der Waals surface area contributed by atoms with Crippen LogP contribution in [0.2, 0.25) is 0 Å². The van der Waals surface area contributed by atoms with Crippen LogP contribution in [0.3, 0.4) is 0 Å². The van der Waals surface area contributed by atoms with Gasteiger partial charge in [-0.15, -0.1) is 37.2 Å². The Balaban J connectivity index is 0.00000243. The van der Waals surface area contributed by atoms with Crippen LogP contribution in [0.15, 0.2) is 97.3 Å². The third-order valence-electron chi connectivity index (χ3n) is 9.14. The van der Waals surface area contributed by atoms with Crippen molar-refractivity contribution in [3.05, 3.63) is 108 Å². The normalized spacial score (nSPS) is 12.7. The molecule has 0 unspecified atom stereocenters. The lowest BCUT2D eigenvalue weighted by atomic mass is 10.00. The summed E-state index contributed by atoms with van der Waals surface area (Å²) in [6.45, 7) is 3.63. The van der Waals surface area contributed by atoms with Crippen molar-refractivity contribution in [2.24, 2.45) is 0 Å². The van der Waals surface area contributed by atoms with E-state index in [-0.39, 0.29) is 37.2 Å². The number of hydrogen-bond donors (Lipinski definition) is 0. The number of halogens is 3. The first-order chi connectivity index (χ1) is 24.0. The molecule has 0 atom stereocenters. The summed E-state index contributed by atoms with van der Waals surface area (Å²) in [5, 5.41) is 0. The van der Waals surface area contributed by atoms with Crippen molar-refractivity contribution in [2.75, 3.05) is 53.5 Å². The fraction of sp³-hybridized carbons (Fsp3) is 0.300. The average molecular weight is 770 g/mol. The van der Waals surface area contributed by atoms with Crippen molar-refractivity contribution in [2.45, 2.75) is 32.0 Å². The molecule has 12 heteroatoms. The number of hydrogen-bond acceptors (Lipinski definition) is 9. The maximum absolute atomic E-state index is 5.61. The van der Waals surface area contributed by atoms with Gasteiger partial charge in [0.15, 0.2) is 11.5 Å². The Kier molecular flexibility index (Phi) is 16.2. The summed E-state index contributed by atoms with van der Waals surface area (Å²) in [5.74, 6) is 3.43. The first kappa shape index (κ1) is 42.0. The van der Waals surface area contributed by atoms with Gasteiger partial charge in [0.1, 0.15) is 11.5 Å². The van der Waals surface area contributed by atoms with E-state index < -0.39 is 0 Å². The van der Waals surface area contributed by atoms with Crippen LogP contribution in [0, 0.1) is 0 Å². The number of pyridine rings is 2. The van der Waals surface area contributed by atoms with Gasteiger partial charge in [-0.25, -0.2) is 0 Å². The van der Waals surface area contributed by atoms with Gasteiger partial charge in [-0.2, -0.15) is 0 Å². The van der Waals surface area contributed by atoms with E-state index in [2.05, 4.69) is 57.2 Å². The summed E-state index contributed by atoms with van der Waals surface area (Å²) in [5.41, 5.74) is 7.34. The molecule has 1 saturated heterocycles. The third kappa shape index (κ3) is 9.92. The van der Waals surface area contributed by atoms with Crippen LogP contribution in [-0.2, 0) is 13.1 Å². The fourth-order valence-corrected chi connectivity index (χ4v) is 6.52. The first-order valence-electron chi connectivity index (χ1n) is 16.5. The predicted octanol–water partition coefficient (Wildman–Crippen LogP) is 8.79. The number of ether oxygens (including phenoxy) is 5. The van der Waals surface area contributed by atoms with E-state index in [0.717, 1.165) is 73.0 Å². The molecule has 1 aliphatic rings. The maximum Gasteiger partial charge on any atom is 0.203 e. The zero-order valence-electron chi connectivity index (χ0n) is 30.1. The number of benzene rings is 3. The lowest BCUT2D eigenvalue weighted by molar-refractivity contribution is 0.201. The standard InChI is InChI=1S/C40H44N4O5.3ClH/c1-45-34-11-9-32(10-12-34)44(27-29-14-18-42-37(22-29)31-24-38(47-3)40(49-5)39(25-31)48-4)33-15-19-43(20-16-33)26-28-13-17-41-36(21-28)30-7-6-8-35(23-30)46-2;;;/h6-14,17-18,21-25,33H,15-16,19-20,26-27H2,1-5H3;3*1H. The van der Waals surface area contributed by atoms with Crippen LogP contribution in [0.5, 0.6) is 28.7 Å². The van der Waals surface area contributed by atoms with Crippen LogP contribution in [-0.4, -0.2) is 69.5 Å². The van der Waals surface area contributed by atoms with Crippen LogP contribution >= 0.6 is 37.2 Å². The molecule has 0 radical (unpaired) electrons. The average Bonchev–Trinajstić information content (AvgIpc) is 3.17. The molecule has 3 heterocycles. The van der Waals surface area contributed by atoms with Gasteiger partial charge in [0.25, 0.3) is 0 Å². The Morgan fingerprint density at radius 1 is 0.615 bits per heavy atom. The molecule has 0 aliphatic carbocycles. The largest absolute Gasteiger partial charge is 0.497 e. The second-order valence-corrected chi connectivity index (χ2v) is 12.1. The topological polar surface area (TPSA) is 78.4 Å². The second-order valence-electron chi connectivity index (χ2n) is 12.1. The van der Waals surface area contributed by atoms with Gasteiger partial charge in [0, 0.05) is 61.4 Å². The Morgan fingerprint density at radius 3 is 1.81 bits per heavy atom. The molecule has 0 saturated carbocycles. The van der Waals surface area contributed by atoms with E-state index in [4.69, 9.17) is 28.7 Å². The van der Waals surface area contributed by atoms with Gasteiger partial charge in [0.2, 0.25) is 5.75 Å². The molecule has 278 valence electrons. The molecule has 0 spiro atoms. The maximum atomic E-state index is 5.61. The highest BCUT2D eigenvalue weighted by atomic mass is 35.5. The number of methoxy groups -OCH3 is 5. The number of nitrogens with zero attached hydrogens (tertiary/aromatic N) is 4. The zero-order chi connectivity index (χ0) is 34.2. The molecule has 52 heavy (non-hydrogen) atoms. The molecule has 1 fully saturated rings. The molecule has 1 aliphatic heterocycles. The molecule has 2 aromatic heterocycles. The zero-order valence-corrected chi connectivity index (χ0v) is 32.6. The first-order valence-corrected chi connectivity index (χ1v) is 16.5. The van der Waals surface area contributed by atoms with Crippen LogP contribution in [0.4, 0.5) is 5.69 Å². The number of anilines is 1. The van der Waals surface area contributed by atoms with Gasteiger partial charge >= 0.3 is 0 Å². The summed E-state index contributed by atoms with van der Waals surface area (Å²) in [6, 6.07) is 29.2. The van der Waals surface area contributed by atoms with Crippen molar-refractivity contribution < 1.29 is 23.7 Å². The lowest BCUT2D eigenvalue weighted by Crippen LogP contribution is -2.44. The SMILES string of the molecule is COc1ccc(N(Cc2ccnc(-c3cc(OC)c(OC)c(OC)c3)c2)C2CCN(Cc3ccnc(-c4cccc(OC)c4)c3)CC2)cc1.Cl.Cl.Cl. The molecule has 0 amide bonds. The van der Waals surface area contributed by atoms with E-state index >= 15 is 0 Å². The Bertz CT molecular complexity index is 1830. The molecule has 6 rings (SSSR count). The molecule has 0 N–H and O–H groups in total. The second kappa shape index (κ2) is 20.0. The fourth-order valence-electron chi connectivity index (χ4n) is 6.52. The summed E-state index contributed by atoms with van der Waals surface area (Å²) in [7, 11) is 8.25. The van der Waals surface area contributed by atoms with Gasteiger partial charge in [-0.05, 0) is 96.8 Å². The van der Waals surface area contributed by atoms with Crippen molar-refractivity contribution in [1.82, 2.24) is 14.9 Å².